The van der Waals surface area contributed by atoms with Crippen LogP contribution in [0.4, 0.5) is 40.9 Å². The van der Waals surface area contributed by atoms with Gasteiger partial charge in [-0.25, -0.2) is 26.6 Å². The first-order valence-corrected chi connectivity index (χ1v) is 19.0. The minimum Gasteiger partial charge on any atom is -0.378 e. The number of alkyl halides is 5. The first kappa shape index (κ1) is 40.2. The molecule has 1 amide bonds. The zero-order chi connectivity index (χ0) is 42.3. The molecule has 0 saturated heterocycles. The molecule has 3 aromatic heterocycles. The number of nitrogens with zero attached hydrogens (tertiary/aromatic N) is 5. The highest BCUT2D eigenvalue weighted by Crippen LogP contribution is 2.58. The smallest absolute Gasteiger partial charge is 0.378 e. The van der Waals surface area contributed by atoms with Gasteiger partial charge in [0.1, 0.15) is 46.9 Å². The topological polar surface area (TPSA) is 144 Å². The average Bonchev–Trinajstić information content (AvgIpc) is 3.64. The van der Waals surface area contributed by atoms with Crippen LogP contribution in [-0.2, 0) is 46.9 Å². The normalized spacial score (nSPS) is 17.3. The summed E-state index contributed by atoms with van der Waals surface area (Å²) in [6.45, 7) is 1.58. The van der Waals surface area contributed by atoms with Crippen LogP contribution in [0.25, 0.3) is 22.0 Å². The number of fused-ring (bicyclic) bond motifs is 4. The van der Waals surface area contributed by atoms with Crippen molar-refractivity contribution >= 4 is 32.7 Å². The van der Waals surface area contributed by atoms with Crippen LogP contribution >= 0.6 is 0 Å². The van der Waals surface area contributed by atoms with Crippen LogP contribution in [0.1, 0.15) is 59.7 Å². The van der Waals surface area contributed by atoms with Gasteiger partial charge in [-0.15, -0.1) is 0 Å². The Labute approximate surface area is 324 Å². The lowest BCUT2D eigenvalue weighted by Crippen LogP contribution is -2.36. The average molecular weight is 832 g/mol. The van der Waals surface area contributed by atoms with Crippen LogP contribution in [-0.4, -0.2) is 55.8 Å². The number of rotatable bonds is 9. The third kappa shape index (κ3) is 7.57. The number of carbonyl (C=O) groups excluding carboxylic acids is 1. The molecule has 20 heteroatoms. The lowest BCUT2D eigenvalue weighted by atomic mass is 9.84. The van der Waals surface area contributed by atoms with Crippen LogP contribution in [0.2, 0.25) is 0 Å². The number of hydrogen-bond donors (Lipinski definition) is 3. The van der Waals surface area contributed by atoms with Crippen LogP contribution in [0.3, 0.4) is 0 Å². The molecule has 58 heavy (non-hydrogen) atoms. The standard InChI is InChI=1S/C38H29F8N7O4S/c1-36(2,55)12-11-21-5-6-22(23-8-10-26(41)30-32(23)52(3)50-35(30)51-58(4,56)57)31(47-21)27(15-18-13-19(39)16-20(40)14-18)48-28(54)17-53-34-29(33(49-53)38(44,45)46)24-7-9-25(24)37(34,42)43/h5-6,8,10,13-14,16,24-25,27,55H,15,17H2,1-4H3,(H,48,54)(H,50,51)/t24-,25+,27?/m0/s1. The molecule has 11 nitrogen and oxygen atoms in total. The van der Waals surface area contributed by atoms with Crippen LogP contribution in [0.5, 0.6) is 0 Å². The Hall–Kier alpha value is -5.99. The lowest BCUT2D eigenvalue weighted by Gasteiger charge is -2.24. The van der Waals surface area contributed by atoms with Gasteiger partial charge in [-0.1, -0.05) is 17.8 Å². The Morgan fingerprint density at radius 2 is 1.71 bits per heavy atom. The fourth-order valence-corrected chi connectivity index (χ4v) is 7.53. The molecule has 0 radical (unpaired) electrons. The molecule has 3 atom stereocenters. The summed E-state index contributed by atoms with van der Waals surface area (Å²) >= 11 is 0. The molecule has 5 aromatic rings. The molecule has 302 valence electrons. The Morgan fingerprint density at radius 3 is 2.31 bits per heavy atom. The van der Waals surface area contributed by atoms with Gasteiger partial charge in [-0.05, 0) is 68.2 Å². The van der Waals surface area contributed by atoms with E-state index in [4.69, 9.17) is 0 Å². The molecule has 0 fully saturated rings. The first-order valence-electron chi connectivity index (χ1n) is 17.1. The molecule has 2 aliphatic rings. The van der Waals surface area contributed by atoms with E-state index in [1.807, 2.05) is 0 Å². The number of halogens is 8. The highest BCUT2D eigenvalue weighted by atomic mass is 32.2. The van der Waals surface area contributed by atoms with E-state index in [1.54, 1.807) is 0 Å². The second kappa shape index (κ2) is 13.8. The van der Waals surface area contributed by atoms with Crippen molar-refractivity contribution in [1.29, 1.82) is 0 Å². The fourth-order valence-electron chi connectivity index (χ4n) is 7.04. The number of amides is 1. The maximum Gasteiger partial charge on any atom is 0.435 e. The molecule has 0 spiro atoms. The van der Waals surface area contributed by atoms with Crippen molar-refractivity contribution in [3.63, 3.8) is 0 Å². The summed E-state index contributed by atoms with van der Waals surface area (Å²) in [5, 5.41) is 20.1. The van der Waals surface area contributed by atoms with E-state index >= 15 is 13.2 Å². The molecule has 2 aromatic carbocycles. The van der Waals surface area contributed by atoms with E-state index in [1.165, 1.54) is 39.1 Å². The molecule has 7 rings (SSSR count). The van der Waals surface area contributed by atoms with Crippen LogP contribution in [0.15, 0.2) is 42.5 Å². The predicted molar refractivity (Wildman–Crippen MR) is 192 cm³/mol. The maximum absolute atomic E-state index is 15.5. The maximum atomic E-state index is 15.5. The third-order valence-electron chi connectivity index (χ3n) is 9.25. The zero-order valence-electron chi connectivity index (χ0n) is 30.5. The van der Waals surface area contributed by atoms with Gasteiger partial charge in [0, 0.05) is 29.8 Å². The summed E-state index contributed by atoms with van der Waals surface area (Å²) in [5.41, 5.74) is -5.10. The molecular formula is C38H29F8N7O4S. The summed E-state index contributed by atoms with van der Waals surface area (Å²) in [6.07, 6.45) is -4.82. The van der Waals surface area contributed by atoms with Gasteiger partial charge in [-0.3, -0.25) is 18.9 Å². The van der Waals surface area contributed by atoms with E-state index in [9.17, 15) is 40.3 Å². The van der Waals surface area contributed by atoms with E-state index in [2.05, 4.69) is 48.9 Å². The lowest BCUT2D eigenvalue weighted by molar-refractivity contribution is -0.142. The van der Waals surface area contributed by atoms with Crippen LogP contribution in [0, 0.1) is 47.1 Å². The number of pyridine rings is 1. The summed E-state index contributed by atoms with van der Waals surface area (Å²) in [6, 6.07) is 6.08. The molecule has 0 bridgehead atoms. The van der Waals surface area contributed by atoms with Crippen molar-refractivity contribution in [3.05, 3.63) is 93.8 Å². The Morgan fingerprint density at radius 1 is 1.03 bits per heavy atom. The van der Waals surface area contributed by atoms with Crippen molar-refractivity contribution in [2.75, 3.05) is 11.0 Å². The van der Waals surface area contributed by atoms with Crippen molar-refractivity contribution in [3.8, 4) is 34.8 Å². The highest BCUT2D eigenvalue weighted by Gasteiger charge is 2.62. The molecule has 3 heterocycles. The fraction of sp³-hybridized carbons (Fsp3) is 0.316. The molecule has 0 saturated carbocycles. The van der Waals surface area contributed by atoms with Gasteiger partial charge in [0.2, 0.25) is 15.9 Å². The monoisotopic (exact) mass is 831 g/mol. The van der Waals surface area contributed by atoms with E-state index < -0.39 is 98.9 Å². The number of aromatic nitrogens is 5. The summed E-state index contributed by atoms with van der Waals surface area (Å²) < 4.78 is 146. The van der Waals surface area contributed by atoms with Gasteiger partial charge >= 0.3 is 12.1 Å². The largest absolute Gasteiger partial charge is 0.435 e. The second-order valence-electron chi connectivity index (χ2n) is 14.3. The number of aliphatic hydroxyl groups is 1. The number of hydrogen-bond acceptors (Lipinski definition) is 7. The summed E-state index contributed by atoms with van der Waals surface area (Å²) in [4.78, 5) is 18.5. The zero-order valence-corrected chi connectivity index (χ0v) is 31.3. The Balaban J connectivity index is 1.39. The number of sulfonamides is 1. The SMILES string of the molecule is Cn1nc(NS(C)(=O)=O)c2c(F)ccc(-c3ccc(C#CC(C)(C)O)nc3C(Cc3cc(F)cc(F)c3)NC(=O)Cn3nc(C(F)(F)F)c4c3C(F)(F)[C@@H]3C#C[C@H]43)c21. The predicted octanol–water partition coefficient (Wildman–Crippen LogP) is 5.68. The Bertz CT molecular complexity index is 2770. The minimum atomic E-state index is -5.18. The first-order chi connectivity index (χ1) is 26.9. The molecule has 3 N–H and O–H groups in total. The van der Waals surface area contributed by atoms with Crippen molar-refractivity contribution in [2.24, 2.45) is 13.0 Å². The molecule has 1 unspecified atom stereocenters. The van der Waals surface area contributed by atoms with Gasteiger partial charge in [-0.2, -0.15) is 32.1 Å². The molecule has 2 aliphatic carbocycles. The molecule has 0 aliphatic heterocycles. The van der Waals surface area contributed by atoms with Gasteiger partial charge in [0.15, 0.2) is 11.5 Å². The van der Waals surface area contributed by atoms with E-state index in [0.717, 1.165) is 29.1 Å². The van der Waals surface area contributed by atoms with Crippen molar-refractivity contribution < 1.29 is 53.4 Å². The number of anilines is 1. The number of aryl methyl sites for hydroxylation is 1. The van der Waals surface area contributed by atoms with E-state index in [0.29, 0.717) is 6.07 Å². The summed E-state index contributed by atoms with van der Waals surface area (Å²) in [5.74, 6) is -1.80. The Kier molecular flexibility index (Phi) is 9.60. The third-order valence-corrected chi connectivity index (χ3v) is 9.82. The van der Waals surface area contributed by atoms with Gasteiger partial charge in [0.25, 0.3) is 0 Å². The quantitative estimate of drug-likeness (QED) is 0.128. The second-order valence-corrected chi connectivity index (χ2v) is 16.1. The van der Waals surface area contributed by atoms with Gasteiger partial charge in [0.05, 0.1) is 34.8 Å². The van der Waals surface area contributed by atoms with Crippen molar-refractivity contribution in [1.82, 2.24) is 29.9 Å². The number of carbonyl (C=O) groups is 1. The van der Waals surface area contributed by atoms with Crippen molar-refractivity contribution in [2.45, 2.75) is 56.5 Å². The number of benzene rings is 2. The van der Waals surface area contributed by atoms with Gasteiger partial charge < -0.3 is 10.4 Å². The minimum absolute atomic E-state index is 0.0114. The van der Waals surface area contributed by atoms with Crippen LogP contribution < -0.4 is 10.0 Å². The highest BCUT2D eigenvalue weighted by molar-refractivity contribution is 7.92. The molecular weight excluding hydrogens is 803 g/mol. The van der Waals surface area contributed by atoms with E-state index in [-0.39, 0.29) is 49.5 Å². The summed E-state index contributed by atoms with van der Waals surface area (Å²) in [7, 11) is -2.59. The number of nitrogens with one attached hydrogen (secondary N) is 2.